The van der Waals surface area contributed by atoms with Crippen LogP contribution < -0.4 is 5.32 Å². The molecular weight excluding hydrogens is 388 g/mol. The SMILES string of the molecule is Cc1ncccc1NC(=O)C1=CCC2C3=C(C=C4CC(O)CCC4CC3)C(O)CC12C. The number of carbonyl (C=O) groups is 1. The molecule has 3 N–H and O–H groups in total. The van der Waals surface area contributed by atoms with E-state index in [1.54, 1.807) is 6.20 Å². The van der Waals surface area contributed by atoms with Crippen LogP contribution >= 0.6 is 0 Å². The molecule has 4 aliphatic carbocycles. The summed E-state index contributed by atoms with van der Waals surface area (Å²) >= 11 is 0. The Labute approximate surface area is 184 Å². The first-order valence-corrected chi connectivity index (χ1v) is 11.6. The number of amides is 1. The number of aliphatic hydroxyl groups excluding tert-OH is 2. The zero-order valence-electron chi connectivity index (χ0n) is 18.4. The first-order valence-electron chi connectivity index (χ1n) is 11.6. The van der Waals surface area contributed by atoms with Gasteiger partial charge in [-0.05, 0) is 81.4 Å². The minimum absolute atomic E-state index is 0.0823. The number of hydrogen-bond acceptors (Lipinski definition) is 4. The average Bonchev–Trinajstić information content (AvgIpc) is 2.95. The maximum absolute atomic E-state index is 13.3. The van der Waals surface area contributed by atoms with Gasteiger partial charge in [-0.1, -0.05) is 30.2 Å². The molecule has 0 spiro atoms. The molecule has 164 valence electrons. The molecule has 5 atom stereocenters. The highest BCUT2D eigenvalue weighted by atomic mass is 16.3. The van der Waals surface area contributed by atoms with Crippen molar-refractivity contribution in [3.8, 4) is 0 Å². The maximum Gasteiger partial charge on any atom is 0.251 e. The number of aryl methyl sites for hydroxylation is 1. The highest BCUT2D eigenvalue weighted by molar-refractivity contribution is 6.05. The van der Waals surface area contributed by atoms with Crippen molar-refractivity contribution in [2.45, 2.75) is 71.0 Å². The number of aromatic nitrogens is 1. The number of aliphatic hydroxyl groups is 2. The van der Waals surface area contributed by atoms with Crippen molar-refractivity contribution in [2.75, 3.05) is 5.32 Å². The van der Waals surface area contributed by atoms with E-state index in [0.29, 0.717) is 12.3 Å². The molecule has 4 aliphatic rings. The number of fused-ring (bicyclic) bond motifs is 3. The van der Waals surface area contributed by atoms with E-state index < -0.39 is 6.10 Å². The van der Waals surface area contributed by atoms with Gasteiger partial charge in [0.1, 0.15) is 0 Å². The van der Waals surface area contributed by atoms with Crippen LogP contribution in [-0.2, 0) is 4.79 Å². The summed E-state index contributed by atoms with van der Waals surface area (Å²) in [5.41, 5.74) is 5.65. The molecule has 1 fully saturated rings. The van der Waals surface area contributed by atoms with Crippen LogP contribution in [0.4, 0.5) is 5.69 Å². The quantitative estimate of drug-likeness (QED) is 0.669. The van der Waals surface area contributed by atoms with Gasteiger partial charge in [-0.2, -0.15) is 0 Å². The number of anilines is 1. The van der Waals surface area contributed by atoms with Crippen LogP contribution in [0.15, 0.2) is 52.8 Å². The standard InChI is InChI=1S/C26H32N2O3/c1-15-23(4-3-11-27-15)28-25(31)22-10-9-21-19-8-6-16-5-7-18(29)12-17(16)13-20(19)24(30)14-26(21,22)2/h3-4,10-11,13,16,18,21,24,29-30H,5-9,12,14H2,1-2H3,(H,28,31). The number of rotatable bonds is 2. The number of allylic oxidation sites excluding steroid dienone is 2. The van der Waals surface area contributed by atoms with Gasteiger partial charge >= 0.3 is 0 Å². The normalized spacial score (nSPS) is 34.7. The predicted octanol–water partition coefficient (Wildman–Crippen LogP) is 4.22. The largest absolute Gasteiger partial charge is 0.393 e. The van der Waals surface area contributed by atoms with Gasteiger partial charge in [0.2, 0.25) is 0 Å². The zero-order valence-corrected chi connectivity index (χ0v) is 18.4. The number of nitrogens with one attached hydrogen (secondary N) is 1. The Kier molecular flexibility index (Phi) is 5.14. The Morgan fingerprint density at radius 3 is 2.90 bits per heavy atom. The summed E-state index contributed by atoms with van der Waals surface area (Å²) in [5, 5.41) is 24.4. The molecule has 0 saturated heterocycles. The van der Waals surface area contributed by atoms with Crippen molar-refractivity contribution in [1.29, 1.82) is 0 Å². The number of nitrogens with zero attached hydrogens (tertiary/aromatic N) is 1. The van der Waals surface area contributed by atoms with E-state index in [9.17, 15) is 15.0 Å². The Morgan fingerprint density at radius 2 is 2.10 bits per heavy atom. The van der Waals surface area contributed by atoms with Gasteiger partial charge in [0, 0.05) is 17.2 Å². The molecule has 0 aromatic carbocycles. The maximum atomic E-state index is 13.3. The lowest BCUT2D eigenvalue weighted by atomic mass is 9.62. The van der Waals surface area contributed by atoms with Crippen LogP contribution in [0.1, 0.15) is 57.6 Å². The molecule has 1 saturated carbocycles. The van der Waals surface area contributed by atoms with Gasteiger partial charge in [-0.3, -0.25) is 9.78 Å². The topological polar surface area (TPSA) is 82.5 Å². The minimum Gasteiger partial charge on any atom is -0.393 e. The molecule has 0 aliphatic heterocycles. The van der Waals surface area contributed by atoms with E-state index in [-0.39, 0.29) is 23.3 Å². The fourth-order valence-corrected chi connectivity index (χ4v) is 6.44. The number of carbonyl (C=O) groups excluding carboxylic acids is 1. The van der Waals surface area contributed by atoms with Crippen LogP contribution in [-0.4, -0.2) is 33.3 Å². The second-order valence-electron chi connectivity index (χ2n) is 10.0. The Morgan fingerprint density at radius 1 is 1.26 bits per heavy atom. The Bertz CT molecular complexity index is 1010. The molecule has 1 aromatic heterocycles. The average molecular weight is 421 g/mol. The van der Waals surface area contributed by atoms with Gasteiger partial charge in [-0.15, -0.1) is 0 Å². The van der Waals surface area contributed by atoms with Crippen LogP contribution in [0.3, 0.4) is 0 Å². The fraction of sp³-hybridized carbons (Fsp3) is 0.538. The summed E-state index contributed by atoms with van der Waals surface area (Å²) in [7, 11) is 0. The van der Waals surface area contributed by atoms with Crippen molar-refractivity contribution in [1.82, 2.24) is 4.98 Å². The van der Waals surface area contributed by atoms with E-state index >= 15 is 0 Å². The van der Waals surface area contributed by atoms with Gasteiger partial charge in [0.15, 0.2) is 0 Å². The van der Waals surface area contributed by atoms with Gasteiger partial charge < -0.3 is 15.5 Å². The second-order valence-corrected chi connectivity index (χ2v) is 10.0. The summed E-state index contributed by atoms with van der Waals surface area (Å²) in [6.45, 7) is 4.04. The third-order valence-corrected chi connectivity index (χ3v) is 8.16. The summed E-state index contributed by atoms with van der Waals surface area (Å²) in [5.74, 6) is 0.683. The van der Waals surface area contributed by atoms with E-state index in [1.165, 1.54) is 11.1 Å². The monoisotopic (exact) mass is 420 g/mol. The van der Waals surface area contributed by atoms with E-state index in [2.05, 4.69) is 29.4 Å². The van der Waals surface area contributed by atoms with Crippen molar-refractivity contribution in [2.24, 2.45) is 17.3 Å². The summed E-state index contributed by atoms with van der Waals surface area (Å²) in [6, 6.07) is 3.70. The van der Waals surface area contributed by atoms with Gasteiger partial charge in [0.05, 0.1) is 23.6 Å². The van der Waals surface area contributed by atoms with E-state index in [1.807, 2.05) is 19.1 Å². The molecule has 31 heavy (non-hydrogen) atoms. The van der Waals surface area contributed by atoms with Crippen molar-refractivity contribution >= 4 is 11.6 Å². The smallest absolute Gasteiger partial charge is 0.251 e. The lowest BCUT2D eigenvalue weighted by molar-refractivity contribution is -0.114. The zero-order chi connectivity index (χ0) is 21.8. The van der Waals surface area contributed by atoms with Crippen LogP contribution in [0.5, 0.6) is 0 Å². The first-order chi connectivity index (χ1) is 14.9. The number of pyridine rings is 1. The van der Waals surface area contributed by atoms with E-state index in [4.69, 9.17) is 0 Å². The van der Waals surface area contributed by atoms with Crippen molar-refractivity contribution < 1.29 is 15.0 Å². The molecular formula is C26H32N2O3. The van der Waals surface area contributed by atoms with Gasteiger partial charge in [0.25, 0.3) is 5.91 Å². The molecule has 0 bridgehead atoms. The molecule has 0 radical (unpaired) electrons. The Balaban J connectivity index is 1.43. The Hall–Kier alpha value is -2.24. The minimum atomic E-state index is -0.573. The summed E-state index contributed by atoms with van der Waals surface area (Å²) < 4.78 is 0. The van der Waals surface area contributed by atoms with Crippen molar-refractivity contribution in [3.63, 3.8) is 0 Å². The molecule has 1 heterocycles. The third kappa shape index (κ3) is 3.48. The third-order valence-electron chi connectivity index (χ3n) is 8.16. The predicted molar refractivity (Wildman–Crippen MR) is 120 cm³/mol. The summed E-state index contributed by atoms with van der Waals surface area (Å²) in [6.07, 6.45) is 11.3. The van der Waals surface area contributed by atoms with E-state index in [0.717, 1.165) is 61.1 Å². The molecule has 5 heteroatoms. The molecule has 1 aromatic rings. The van der Waals surface area contributed by atoms with Gasteiger partial charge in [-0.25, -0.2) is 0 Å². The molecule has 5 unspecified atom stereocenters. The first kappa shape index (κ1) is 20.7. The van der Waals surface area contributed by atoms with Crippen LogP contribution in [0.25, 0.3) is 0 Å². The highest BCUT2D eigenvalue weighted by Crippen LogP contribution is 2.57. The molecule has 5 nitrogen and oxygen atoms in total. The van der Waals surface area contributed by atoms with Crippen molar-refractivity contribution in [3.05, 3.63) is 58.5 Å². The van der Waals surface area contributed by atoms with Crippen LogP contribution in [0, 0.1) is 24.2 Å². The summed E-state index contributed by atoms with van der Waals surface area (Å²) in [4.78, 5) is 17.5. The fourth-order valence-electron chi connectivity index (χ4n) is 6.44. The van der Waals surface area contributed by atoms with Crippen LogP contribution in [0.2, 0.25) is 0 Å². The lowest BCUT2D eigenvalue weighted by Gasteiger charge is -2.43. The lowest BCUT2D eigenvalue weighted by Crippen LogP contribution is -2.40. The molecule has 5 rings (SSSR count). The molecule has 1 amide bonds. The number of hydrogen-bond donors (Lipinski definition) is 3. The second kappa shape index (κ2) is 7.72. The highest BCUT2D eigenvalue weighted by Gasteiger charge is 2.51.